The predicted molar refractivity (Wildman–Crippen MR) is 71.4 cm³/mol. The number of hydrogen-bond acceptors (Lipinski definition) is 0. The van der Waals surface area contributed by atoms with Gasteiger partial charge >= 0.3 is 0 Å². The molecule has 0 aromatic rings. The zero-order valence-electron chi connectivity index (χ0n) is 8.46. The van der Waals surface area contributed by atoms with E-state index in [9.17, 15) is 0 Å². The van der Waals surface area contributed by atoms with Crippen LogP contribution in [0, 0.1) is 0 Å². The molecule has 2 atom stereocenters. The second-order valence-corrected chi connectivity index (χ2v) is 6.06. The molecule has 0 heterocycles. The third-order valence-corrected chi connectivity index (χ3v) is 5.35. The summed E-state index contributed by atoms with van der Waals surface area (Å²) in [5.41, 5.74) is 0. The maximum Gasteiger partial charge on any atom is 0.0274 e. The van der Waals surface area contributed by atoms with Gasteiger partial charge in [0.25, 0.3) is 0 Å². The Morgan fingerprint density at radius 3 is 1.43 bits per heavy atom. The Labute approximate surface area is 104 Å². The van der Waals surface area contributed by atoms with Crippen molar-refractivity contribution in [2.24, 2.45) is 0 Å². The highest BCUT2D eigenvalue weighted by atomic mass is 79.9. The van der Waals surface area contributed by atoms with Crippen molar-refractivity contribution in [2.75, 3.05) is 0 Å². The molecule has 0 fully saturated rings. The maximum absolute atomic E-state index is 3.74. The fourth-order valence-electron chi connectivity index (χ4n) is 1.54. The Bertz CT molecular complexity index is 174. The quantitative estimate of drug-likeness (QED) is 0.436. The van der Waals surface area contributed by atoms with E-state index < -0.39 is 0 Å². The minimum Gasteiger partial charge on any atom is -0.0885 e. The summed E-state index contributed by atoms with van der Waals surface area (Å²) in [5.74, 6) is 0. The van der Waals surface area contributed by atoms with Gasteiger partial charge in [0, 0.05) is 9.65 Å². The Hall–Kier alpha value is 0.440. The number of allylic oxidation sites excluding steroid dienone is 4. The van der Waals surface area contributed by atoms with Gasteiger partial charge in [-0.05, 0) is 38.5 Å². The summed E-state index contributed by atoms with van der Waals surface area (Å²) in [6.07, 6.45) is 16.5. The van der Waals surface area contributed by atoms with Crippen molar-refractivity contribution in [3.63, 3.8) is 0 Å². The van der Waals surface area contributed by atoms with E-state index in [2.05, 4.69) is 56.2 Å². The van der Waals surface area contributed by atoms with Crippen LogP contribution in [-0.4, -0.2) is 9.65 Å². The largest absolute Gasteiger partial charge is 0.0885 e. The smallest absolute Gasteiger partial charge is 0.0274 e. The van der Waals surface area contributed by atoms with Gasteiger partial charge in [-0.2, -0.15) is 0 Å². The van der Waals surface area contributed by atoms with Crippen LogP contribution in [0.4, 0.5) is 0 Å². The summed E-state index contributed by atoms with van der Waals surface area (Å²) in [6, 6.07) is 0. The van der Waals surface area contributed by atoms with Crippen LogP contribution in [0.5, 0.6) is 0 Å². The highest BCUT2D eigenvalue weighted by Gasteiger charge is 2.13. The molecule has 0 aromatic heterocycles. The summed E-state index contributed by atoms with van der Waals surface area (Å²) in [7, 11) is 0. The summed E-state index contributed by atoms with van der Waals surface area (Å²) < 4.78 is 0. The van der Waals surface area contributed by atoms with Gasteiger partial charge in [0.1, 0.15) is 0 Å². The molecule has 0 bridgehead atoms. The highest BCUT2D eigenvalue weighted by Crippen LogP contribution is 2.24. The lowest BCUT2D eigenvalue weighted by atomic mass is 10.1. The van der Waals surface area contributed by atoms with E-state index >= 15 is 0 Å². The van der Waals surface area contributed by atoms with Gasteiger partial charge in [0.2, 0.25) is 0 Å². The van der Waals surface area contributed by atoms with Crippen molar-refractivity contribution in [1.82, 2.24) is 0 Å². The monoisotopic (exact) mass is 320 g/mol. The van der Waals surface area contributed by atoms with Crippen molar-refractivity contribution >= 4 is 31.9 Å². The summed E-state index contributed by atoms with van der Waals surface area (Å²) in [6.45, 7) is 0. The summed E-state index contributed by atoms with van der Waals surface area (Å²) in [5, 5.41) is 0. The van der Waals surface area contributed by atoms with E-state index in [1.807, 2.05) is 0 Å². The van der Waals surface area contributed by atoms with Crippen molar-refractivity contribution in [3.05, 3.63) is 24.3 Å². The van der Waals surface area contributed by atoms with Crippen LogP contribution in [-0.2, 0) is 0 Å². The second kappa shape index (κ2) is 7.70. The van der Waals surface area contributed by atoms with E-state index in [0.29, 0.717) is 9.65 Å². The number of hydrogen-bond donors (Lipinski definition) is 0. The van der Waals surface area contributed by atoms with Crippen molar-refractivity contribution in [3.8, 4) is 0 Å². The molecule has 0 amide bonds. The normalized spacial score (nSPS) is 35.3. The van der Waals surface area contributed by atoms with Gasteiger partial charge in [-0.3, -0.25) is 0 Å². The standard InChI is InChI=1S/C12H18Br2/c13-11-9-7-5-3-1-2-4-6-8-10-12(11)14/h3-6,11-12H,1-2,7-10H2/b5-3+,6-4+. The van der Waals surface area contributed by atoms with Gasteiger partial charge in [-0.1, -0.05) is 56.2 Å². The minimum atomic E-state index is 0.611. The minimum absolute atomic E-state index is 0.611. The first kappa shape index (κ1) is 12.5. The molecule has 0 aromatic carbocycles. The first-order valence-electron chi connectivity index (χ1n) is 5.39. The molecule has 80 valence electrons. The topological polar surface area (TPSA) is 0 Å². The van der Waals surface area contributed by atoms with Gasteiger partial charge in [0.15, 0.2) is 0 Å². The first-order chi connectivity index (χ1) is 6.80. The molecule has 14 heavy (non-hydrogen) atoms. The fourth-order valence-corrected chi connectivity index (χ4v) is 2.59. The van der Waals surface area contributed by atoms with E-state index in [1.54, 1.807) is 0 Å². The average molecular weight is 322 g/mol. The number of alkyl halides is 2. The fraction of sp³-hybridized carbons (Fsp3) is 0.667. The molecule has 0 N–H and O–H groups in total. The molecule has 0 saturated heterocycles. The molecule has 1 rings (SSSR count). The Morgan fingerprint density at radius 2 is 1.00 bits per heavy atom. The van der Waals surface area contributed by atoms with Crippen LogP contribution in [0.2, 0.25) is 0 Å². The summed E-state index contributed by atoms with van der Waals surface area (Å²) >= 11 is 7.48. The summed E-state index contributed by atoms with van der Waals surface area (Å²) in [4.78, 5) is 1.22. The van der Waals surface area contributed by atoms with E-state index in [0.717, 1.165) is 0 Å². The SMILES string of the molecule is BrC1CC/C=C/CC/C=C/CCC1Br. The molecule has 1 aliphatic carbocycles. The van der Waals surface area contributed by atoms with Crippen LogP contribution < -0.4 is 0 Å². The van der Waals surface area contributed by atoms with Crippen molar-refractivity contribution < 1.29 is 0 Å². The highest BCUT2D eigenvalue weighted by molar-refractivity contribution is 9.12. The third-order valence-electron chi connectivity index (χ3n) is 2.44. The van der Waals surface area contributed by atoms with Gasteiger partial charge in [0.05, 0.1) is 0 Å². The van der Waals surface area contributed by atoms with Crippen molar-refractivity contribution in [1.29, 1.82) is 0 Å². The van der Waals surface area contributed by atoms with E-state index in [1.165, 1.54) is 38.5 Å². The van der Waals surface area contributed by atoms with Gasteiger partial charge in [-0.25, -0.2) is 0 Å². The Balaban J connectivity index is 2.41. The Morgan fingerprint density at radius 1 is 0.643 bits per heavy atom. The van der Waals surface area contributed by atoms with Crippen LogP contribution >= 0.6 is 31.9 Å². The molecule has 0 spiro atoms. The molecule has 0 saturated carbocycles. The number of halogens is 2. The van der Waals surface area contributed by atoms with Crippen LogP contribution in [0.15, 0.2) is 24.3 Å². The molecule has 2 heteroatoms. The van der Waals surface area contributed by atoms with E-state index in [4.69, 9.17) is 0 Å². The molecule has 0 radical (unpaired) electrons. The molecule has 0 nitrogen and oxygen atoms in total. The lowest BCUT2D eigenvalue weighted by molar-refractivity contribution is 0.698. The molecular formula is C12H18Br2. The molecule has 1 aliphatic rings. The third kappa shape index (κ3) is 5.35. The predicted octanol–water partition coefficient (Wildman–Crippen LogP) is 4.98. The lowest BCUT2D eigenvalue weighted by Gasteiger charge is -2.15. The average Bonchev–Trinajstić information content (AvgIpc) is 2.18. The molecular weight excluding hydrogens is 304 g/mol. The number of rotatable bonds is 0. The molecule has 2 unspecified atom stereocenters. The van der Waals surface area contributed by atoms with Gasteiger partial charge < -0.3 is 0 Å². The first-order valence-corrected chi connectivity index (χ1v) is 7.22. The van der Waals surface area contributed by atoms with Gasteiger partial charge in [-0.15, -0.1) is 0 Å². The lowest BCUT2D eigenvalue weighted by Crippen LogP contribution is -2.13. The Kier molecular flexibility index (Phi) is 6.88. The molecule has 0 aliphatic heterocycles. The zero-order valence-corrected chi connectivity index (χ0v) is 11.6. The zero-order chi connectivity index (χ0) is 10.2. The van der Waals surface area contributed by atoms with Crippen LogP contribution in [0.25, 0.3) is 0 Å². The maximum atomic E-state index is 3.74. The van der Waals surface area contributed by atoms with E-state index in [-0.39, 0.29) is 0 Å². The van der Waals surface area contributed by atoms with Crippen molar-refractivity contribution in [2.45, 2.75) is 48.2 Å². The second-order valence-electron chi connectivity index (χ2n) is 3.71. The van der Waals surface area contributed by atoms with Crippen LogP contribution in [0.1, 0.15) is 38.5 Å². The van der Waals surface area contributed by atoms with Crippen LogP contribution in [0.3, 0.4) is 0 Å².